The number of ether oxygens (including phenoxy) is 4. The van der Waals surface area contributed by atoms with Crippen LogP contribution in [0.5, 0.6) is 23.0 Å². The summed E-state index contributed by atoms with van der Waals surface area (Å²) in [4.78, 5) is 10.9. The summed E-state index contributed by atoms with van der Waals surface area (Å²) in [5, 5.41) is 8.91. The number of carboxylic acid groups (broad SMARTS) is 1. The summed E-state index contributed by atoms with van der Waals surface area (Å²) in [6.45, 7) is 0.365. The molecule has 0 spiro atoms. The van der Waals surface area contributed by atoms with Crippen molar-refractivity contribution in [1.82, 2.24) is 0 Å². The van der Waals surface area contributed by atoms with Crippen LogP contribution in [0, 0.1) is 0 Å². The molecule has 0 aliphatic carbocycles. The van der Waals surface area contributed by atoms with Crippen molar-refractivity contribution in [3.05, 3.63) is 54.3 Å². The molecule has 0 fully saturated rings. The van der Waals surface area contributed by atoms with Crippen LogP contribution in [0.1, 0.15) is 5.76 Å². The molecule has 1 aromatic heterocycles. The maximum Gasteiger partial charge on any atom is 0.328 e. The molecule has 2 aliphatic heterocycles. The summed E-state index contributed by atoms with van der Waals surface area (Å²) < 4.78 is 27.6. The number of furan rings is 1. The van der Waals surface area contributed by atoms with Crippen molar-refractivity contribution in [2.45, 2.75) is 0 Å². The van der Waals surface area contributed by atoms with Gasteiger partial charge in [0.15, 0.2) is 23.0 Å². The first-order valence-electron chi connectivity index (χ1n) is 8.52. The van der Waals surface area contributed by atoms with E-state index in [9.17, 15) is 4.79 Å². The van der Waals surface area contributed by atoms with E-state index in [1.807, 2.05) is 36.4 Å². The predicted octanol–water partition coefficient (Wildman–Crippen LogP) is 4.17. The molecular formula is C21H14O7. The van der Waals surface area contributed by atoms with E-state index in [-0.39, 0.29) is 13.6 Å². The quantitative estimate of drug-likeness (QED) is 0.682. The molecule has 7 nitrogen and oxygen atoms in total. The molecule has 5 rings (SSSR count). The fourth-order valence-electron chi connectivity index (χ4n) is 3.18. The Labute approximate surface area is 159 Å². The van der Waals surface area contributed by atoms with Crippen molar-refractivity contribution in [3.63, 3.8) is 0 Å². The Morgan fingerprint density at radius 3 is 2.11 bits per heavy atom. The molecule has 0 bridgehead atoms. The van der Waals surface area contributed by atoms with Crippen LogP contribution in [0.2, 0.25) is 0 Å². The van der Waals surface area contributed by atoms with Gasteiger partial charge in [-0.05, 0) is 48.0 Å². The Balaban J connectivity index is 1.63. The maximum atomic E-state index is 10.9. The molecule has 0 amide bonds. The van der Waals surface area contributed by atoms with E-state index in [0.717, 1.165) is 22.8 Å². The highest BCUT2D eigenvalue weighted by atomic mass is 16.7. The lowest BCUT2D eigenvalue weighted by molar-refractivity contribution is -0.131. The fraction of sp³-hybridized carbons (Fsp3) is 0.0952. The summed E-state index contributed by atoms with van der Waals surface area (Å²) >= 11 is 0. The molecule has 2 aliphatic rings. The first-order valence-corrected chi connectivity index (χ1v) is 8.52. The molecule has 0 saturated heterocycles. The third kappa shape index (κ3) is 2.83. The molecule has 0 saturated carbocycles. The largest absolute Gasteiger partial charge is 0.478 e. The van der Waals surface area contributed by atoms with Crippen LogP contribution in [-0.4, -0.2) is 24.7 Å². The summed E-state index contributed by atoms with van der Waals surface area (Å²) in [5.74, 6) is 2.59. The van der Waals surface area contributed by atoms with Crippen LogP contribution in [0.4, 0.5) is 0 Å². The van der Waals surface area contributed by atoms with Crippen LogP contribution < -0.4 is 18.9 Å². The highest BCUT2D eigenvalue weighted by molar-refractivity contribution is 5.87. The van der Waals surface area contributed by atoms with E-state index in [4.69, 9.17) is 28.5 Å². The third-order valence-electron chi connectivity index (χ3n) is 4.46. The zero-order valence-electron chi connectivity index (χ0n) is 14.5. The lowest BCUT2D eigenvalue weighted by Gasteiger charge is -2.05. The van der Waals surface area contributed by atoms with Gasteiger partial charge in [-0.15, -0.1) is 0 Å². The second-order valence-electron chi connectivity index (χ2n) is 6.20. The lowest BCUT2D eigenvalue weighted by atomic mass is 10.0. The number of hydrogen-bond donors (Lipinski definition) is 1. The first-order chi connectivity index (χ1) is 13.7. The van der Waals surface area contributed by atoms with Gasteiger partial charge >= 0.3 is 5.97 Å². The van der Waals surface area contributed by atoms with Crippen LogP contribution in [0.15, 0.2) is 53.0 Å². The summed E-state index contributed by atoms with van der Waals surface area (Å²) in [5.41, 5.74) is 2.43. The van der Waals surface area contributed by atoms with Crippen LogP contribution >= 0.6 is 0 Å². The third-order valence-corrected chi connectivity index (χ3v) is 4.46. The highest BCUT2D eigenvalue weighted by Gasteiger charge is 2.21. The van der Waals surface area contributed by atoms with E-state index in [2.05, 4.69) is 0 Å². The van der Waals surface area contributed by atoms with E-state index in [1.54, 1.807) is 6.07 Å². The number of rotatable bonds is 4. The molecule has 28 heavy (non-hydrogen) atoms. The first kappa shape index (κ1) is 16.3. The van der Waals surface area contributed by atoms with Crippen molar-refractivity contribution in [1.29, 1.82) is 0 Å². The van der Waals surface area contributed by atoms with Crippen LogP contribution in [-0.2, 0) is 4.79 Å². The van der Waals surface area contributed by atoms with Gasteiger partial charge in [-0.1, -0.05) is 6.07 Å². The summed E-state index contributed by atoms with van der Waals surface area (Å²) in [6.07, 6.45) is 2.45. The Morgan fingerprint density at radius 2 is 1.43 bits per heavy atom. The normalized spacial score (nSPS) is 14.0. The van der Waals surface area contributed by atoms with Gasteiger partial charge in [0, 0.05) is 17.2 Å². The summed E-state index contributed by atoms with van der Waals surface area (Å²) in [7, 11) is 0. The van der Waals surface area contributed by atoms with Gasteiger partial charge in [0.2, 0.25) is 13.6 Å². The molecule has 3 aromatic rings. The predicted molar refractivity (Wildman–Crippen MR) is 98.5 cm³/mol. The Bertz CT molecular complexity index is 1030. The van der Waals surface area contributed by atoms with Gasteiger partial charge in [-0.3, -0.25) is 0 Å². The van der Waals surface area contributed by atoms with Crippen molar-refractivity contribution in [2.24, 2.45) is 0 Å². The zero-order chi connectivity index (χ0) is 19.1. The molecular weight excluding hydrogens is 364 g/mol. The lowest BCUT2D eigenvalue weighted by Crippen LogP contribution is -1.92. The van der Waals surface area contributed by atoms with Crippen molar-refractivity contribution >= 4 is 12.0 Å². The Hall–Kier alpha value is -3.87. The molecule has 140 valence electrons. The molecule has 0 unspecified atom stereocenters. The van der Waals surface area contributed by atoms with Gasteiger partial charge in [-0.2, -0.15) is 0 Å². The van der Waals surface area contributed by atoms with Gasteiger partial charge in [0.05, 0.1) is 0 Å². The smallest absolute Gasteiger partial charge is 0.328 e. The van der Waals surface area contributed by atoms with E-state index < -0.39 is 5.97 Å². The average molecular weight is 378 g/mol. The zero-order valence-corrected chi connectivity index (χ0v) is 14.5. The Morgan fingerprint density at radius 1 is 0.821 bits per heavy atom. The van der Waals surface area contributed by atoms with Gasteiger partial charge in [-0.25, -0.2) is 4.79 Å². The van der Waals surface area contributed by atoms with E-state index in [1.165, 1.54) is 6.08 Å². The minimum Gasteiger partial charge on any atom is -0.478 e. The minimum absolute atomic E-state index is 0.179. The second kappa shape index (κ2) is 6.38. The maximum absolute atomic E-state index is 10.9. The molecule has 0 atom stereocenters. The van der Waals surface area contributed by atoms with Crippen LogP contribution in [0.25, 0.3) is 28.5 Å². The number of fused-ring (bicyclic) bond motifs is 2. The molecule has 2 aromatic carbocycles. The van der Waals surface area contributed by atoms with E-state index in [0.29, 0.717) is 34.5 Å². The van der Waals surface area contributed by atoms with Crippen molar-refractivity contribution in [2.75, 3.05) is 13.6 Å². The number of benzene rings is 2. The van der Waals surface area contributed by atoms with Crippen molar-refractivity contribution in [3.8, 4) is 45.4 Å². The van der Waals surface area contributed by atoms with Gasteiger partial charge < -0.3 is 28.5 Å². The van der Waals surface area contributed by atoms with E-state index >= 15 is 0 Å². The monoisotopic (exact) mass is 378 g/mol. The molecule has 7 heteroatoms. The average Bonchev–Trinajstić information content (AvgIpc) is 3.43. The van der Waals surface area contributed by atoms with Crippen LogP contribution in [0.3, 0.4) is 0 Å². The molecule has 0 radical (unpaired) electrons. The molecule has 3 heterocycles. The second-order valence-corrected chi connectivity index (χ2v) is 6.20. The molecule has 1 N–H and O–H groups in total. The Kier molecular flexibility index (Phi) is 3.72. The van der Waals surface area contributed by atoms with Gasteiger partial charge in [0.1, 0.15) is 11.5 Å². The highest BCUT2D eigenvalue weighted by Crippen LogP contribution is 2.43. The SMILES string of the molecule is O=C(O)C=Cc1cc(-c2ccc3c(c2)OCO3)c(-c2ccc3c(c2)OCO3)o1. The topological polar surface area (TPSA) is 87.4 Å². The van der Waals surface area contributed by atoms with Crippen molar-refractivity contribution < 1.29 is 33.3 Å². The fourth-order valence-corrected chi connectivity index (χ4v) is 3.18. The minimum atomic E-state index is -1.05. The number of aliphatic carboxylic acids is 1. The number of hydrogen-bond acceptors (Lipinski definition) is 6. The number of carboxylic acids is 1. The summed E-state index contributed by atoms with van der Waals surface area (Å²) in [6, 6.07) is 12.9. The standard InChI is InChI=1S/C21H14O7/c22-20(23)6-3-14-9-15(12-1-4-16-18(7-12)26-10-24-16)21(28-14)13-2-5-17-19(8-13)27-11-25-17/h1-9H,10-11H2,(H,22,23). The number of carbonyl (C=O) groups is 1. The van der Waals surface area contributed by atoms with Gasteiger partial charge in [0.25, 0.3) is 0 Å².